The lowest BCUT2D eigenvalue weighted by molar-refractivity contribution is 0.248. The zero-order chi connectivity index (χ0) is 14.8. The molecule has 2 heterocycles. The monoisotopic (exact) mass is 293 g/mol. The van der Waals surface area contributed by atoms with Crippen LogP contribution >= 0.6 is 0 Å². The van der Waals surface area contributed by atoms with Crippen molar-refractivity contribution in [3.05, 3.63) is 59.8 Å². The largest absolute Gasteiger partial charge is 0.367 e. The van der Waals surface area contributed by atoms with Gasteiger partial charge in [-0.2, -0.15) is 0 Å². The normalized spacial score (nSPS) is 21.9. The van der Waals surface area contributed by atoms with Crippen LogP contribution in [0.2, 0.25) is 0 Å². The summed E-state index contributed by atoms with van der Waals surface area (Å²) in [6, 6.07) is 16.3. The summed E-state index contributed by atoms with van der Waals surface area (Å²) >= 11 is 0. The van der Waals surface area contributed by atoms with E-state index in [-0.39, 0.29) is 0 Å². The van der Waals surface area contributed by atoms with Crippen LogP contribution in [0.4, 0.5) is 5.82 Å². The molecular formula is C19H23N3. The quantitative estimate of drug-likeness (QED) is 0.903. The van der Waals surface area contributed by atoms with Gasteiger partial charge in [0.25, 0.3) is 0 Å². The minimum Gasteiger partial charge on any atom is -0.367 e. The molecule has 0 bridgehead atoms. The third-order valence-electron chi connectivity index (χ3n) is 4.71. The molecule has 2 fully saturated rings. The van der Waals surface area contributed by atoms with Gasteiger partial charge >= 0.3 is 0 Å². The zero-order valence-corrected chi connectivity index (χ0v) is 12.9. The van der Waals surface area contributed by atoms with Crippen LogP contribution in [0.25, 0.3) is 0 Å². The van der Waals surface area contributed by atoms with Crippen LogP contribution in [0.1, 0.15) is 42.9 Å². The first-order chi connectivity index (χ1) is 10.9. The predicted octanol–water partition coefficient (Wildman–Crippen LogP) is 3.99. The summed E-state index contributed by atoms with van der Waals surface area (Å²) in [4.78, 5) is 7.21. The highest BCUT2D eigenvalue weighted by Crippen LogP contribution is 2.37. The van der Waals surface area contributed by atoms with Crippen molar-refractivity contribution in [3.63, 3.8) is 0 Å². The number of benzene rings is 1. The molecule has 1 unspecified atom stereocenters. The van der Waals surface area contributed by atoms with Gasteiger partial charge in [-0.1, -0.05) is 36.4 Å². The van der Waals surface area contributed by atoms with E-state index in [0.29, 0.717) is 12.1 Å². The molecular weight excluding hydrogens is 270 g/mol. The fourth-order valence-corrected chi connectivity index (χ4v) is 3.41. The lowest BCUT2D eigenvalue weighted by Crippen LogP contribution is -2.24. The molecule has 1 saturated carbocycles. The fraction of sp³-hybridized carbons (Fsp3) is 0.421. The smallest absolute Gasteiger partial charge is 0.130 e. The summed E-state index contributed by atoms with van der Waals surface area (Å²) in [5.74, 6) is 1.11. The maximum Gasteiger partial charge on any atom is 0.130 e. The van der Waals surface area contributed by atoms with E-state index < -0.39 is 0 Å². The fourth-order valence-electron chi connectivity index (χ4n) is 3.41. The maximum absolute atomic E-state index is 4.61. The van der Waals surface area contributed by atoms with E-state index in [1.165, 1.54) is 43.4 Å². The minimum absolute atomic E-state index is 0.496. The summed E-state index contributed by atoms with van der Waals surface area (Å²) in [5.41, 5.74) is 2.78. The Morgan fingerprint density at radius 3 is 2.73 bits per heavy atom. The first kappa shape index (κ1) is 13.8. The molecule has 114 valence electrons. The number of nitrogens with zero attached hydrogens (tertiary/aromatic N) is 2. The number of nitrogens with one attached hydrogen (secondary N) is 1. The van der Waals surface area contributed by atoms with Gasteiger partial charge in [-0.05, 0) is 43.9 Å². The topological polar surface area (TPSA) is 28.2 Å². The molecule has 4 rings (SSSR count). The molecule has 1 N–H and O–H groups in total. The number of rotatable bonds is 5. The SMILES string of the molecule is c1ccc(CN2CCCC2c2cccnc2NC2CC2)cc1. The number of aromatic nitrogens is 1. The van der Waals surface area contributed by atoms with Crippen molar-refractivity contribution in [1.29, 1.82) is 0 Å². The Morgan fingerprint density at radius 2 is 1.91 bits per heavy atom. The van der Waals surface area contributed by atoms with Crippen molar-refractivity contribution < 1.29 is 0 Å². The lowest BCUT2D eigenvalue weighted by Gasteiger charge is -2.26. The zero-order valence-electron chi connectivity index (χ0n) is 12.9. The maximum atomic E-state index is 4.61. The summed E-state index contributed by atoms with van der Waals surface area (Å²) in [6.07, 6.45) is 6.99. The first-order valence-electron chi connectivity index (χ1n) is 8.39. The van der Waals surface area contributed by atoms with E-state index >= 15 is 0 Å². The second-order valence-corrected chi connectivity index (χ2v) is 6.47. The van der Waals surface area contributed by atoms with Gasteiger partial charge in [-0.15, -0.1) is 0 Å². The molecule has 0 radical (unpaired) electrons. The third-order valence-corrected chi connectivity index (χ3v) is 4.71. The predicted molar refractivity (Wildman–Crippen MR) is 89.7 cm³/mol. The average molecular weight is 293 g/mol. The number of hydrogen-bond donors (Lipinski definition) is 1. The molecule has 3 nitrogen and oxygen atoms in total. The Labute approximate surface area is 132 Å². The summed E-state index contributed by atoms with van der Waals surface area (Å²) in [5, 5.41) is 3.61. The Hall–Kier alpha value is -1.87. The second kappa shape index (κ2) is 6.09. The van der Waals surface area contributed by atoms with E-state index in [4.69, 9.17) is 0 Å². The van der Waals surface area contributed by atoms with Gasteiger partial charge in [-0.3, -0.25) is 4.90 Å². The van der Waals surface area contributed by atoms with Gasteiger partial charge in [0.15, 0.2) is 0 Å². The summed E-state index contributed by atoms with van der Waals surface area (Å²) in [6.45, 7) is 2.21. The van der Waals surface area contributed by atoms with Crippen molar-refractivity contribution in [2.45, 2.75) is 44.3 Å². The minimum atomic E-state index is 0.496. The van der Waals surface area contributed by atoms with Crippen molar-refractivity contribution in [2.24, 2.45) is 0 Å². The Bertz CT molecular complexity index is 622. The van der Waals surface area contributed by atoms with Crippen LogP contribution in [0, 0.1) is 0 Å². The van der Waals surface area contributed by atoms with Gasteiger partial charge in [0, 0.05) is 30.4 Å². The summed E-state index contributed by atoms with van der Waals surface area (Å²) < 4.78 is 0. The average Bonchev–Trinajstić information content (AvgIpc) is 3.26. The standard InChI is InChI=1S/C19H23N3/c1-2-6-15(7-3-1)14-22-13-5-9-18(22)17-8-4-12-20-19(17)21-16-10-11-16/h1-4,6-8,12,16,18H,5,9-11,13-14H2,(H,20,21). The van der Waals surface area contributed by atoms with E-state index in [9.17, 15) is 0 Å². The highest BCUT2D eigenvalue weighted by Gasteiger charge is 2.30. The Kier molecular flexibility index (Phi) is 3.81. The Morgan fingerprint density at radius 1 is 1.05 bits per heavy atom. The molecule has 22 heavy (non-hydrogen) atoms. The second-order valence-electron chi connectivity index (χ2n) is 6.47. The molecule has 0 amide bonds. The van der Waals surface area contributed by atoms with Crippen LogP contribution in [-0.2, 0) is 6.54 Å². The highest BCUT2D eigenvalue weighted by atomic mass is 15.2. The van der Waals surface area contributed by atoms with Crippen molar-refractivity contribution >= 4 is 5.82 Å². The molecule has 1 aliphatic carbocycles. The van der Waals surface area contributed by atoms with Gasteiger partial charge < -0.3 is 5.32 Å². The van der Waals surface area contributed by atoms with Gasteiger partial charge in [-0.25, -0.2) is 4.98 Å². The van der Waals surface area contributed by atoms with Gasteiger partial charge in [0.1, 0.15) is 5.82 Å². The van der Waals surface area contributed by atoms with Crippen LogP contribution in [0.15, 0.2) is 48.7 Å². The summed E-state index contributed by atoms with van der Waals surface area (Å²) in [7, 11) is 0. The van der Waals surface area contributed by atoms with E-state index in [1.54, 1.807) is 0 Å². The van der Waals surface area contributed by atoms with E-state index in [0.717, 1.165) is 12.4 Å². The van der Waals surface area contributed by atoms with Crippen LogP contribution < -0.4 is 5.32 Å². The Balaban J connectivity index is 1.55. The molecule has 2 aromatic rings. The number of likely N-dealkylation sites (tertiary alicyclic amines) is 1. The molecule has 1 aromatic heterocycles. The van der Waals surface area contributed by atoms with Gasteiger partial charge in [0.2, 0.25) is 0 Å². The van der Waals surface area contributed by atoms with Crippen molar-refractivity contribution in [2.75, 3.05) is 11.9 Å². The molecule has 1 aliphatic heterocycles. The molecule has 3 heteroatoms. The molecule has 1 aromatic carbocycles. The van der Waals surface area contributed by atoms with Crippen LogP contribution in [-0.4, -0.2) is 22.5 Å². The molecule has 1 atom stereocenters. The van der Waals surface area contributed by atoms with Gasteiger partial charge in [0.05, 0.1) is 0 Å². The van der Waals surface area contributed by atoms with Crippen molar-refractivity contribution in [3.8, 4) is 0 Å². The van der Waals surface area contributed by atoms with E-state index in [1.807, 2.05) is 6.20 Å². The third kappa shape index (κ3) is 3.00. The molecule has 0 spiro atoms. The van der Waals surface area contributed by atoms with Crippen LogP contribution in [0.3, 0.4) is 0 Å². The van der Waals surface area contributed by atoms with Crippen molar-refractivity contribution in [1.82, 2.24) is 9.88 Å². The van der Waals surface area contributed by atoms with E-state index in [2.05, 4.69) is 57.7 Å². The van der Waals surface area contributed by atoms with Crippen LogP contribution in [0.5, 0.6) is 0 Å². The number of anilines is 1. The number of pyridine rings is 1. The highest BCUT2D eigenvalue weighted by molar-refractivity contribution is 5.47. The first-order valence-corrected chi connectivity index (χ1v) is 8.39. The number of hydrogen-bond acceptors (Lipinski definition) is 3. The molecule has 2 aliphatic rings. The molecule has 1 saturated heterocycles. The lowest BCUT2D eigenvalue weighted by atomic mass is 10.0.